The largest absolute Gasteiger partial charge is 0.480 e. The SMILES string of the molecule is O=CNCC[C@@H](NC(=O)OCC1c2ccccc2-c2ccccc21)C(=O)O. The van der Waals surface area contributed by atoms with Crippen LogP contribution < -0.4 is 10.6 Å². The number of hydrogen-bond donors (Lipinski definition) is 3. The number of carbonyl (C=O) groups excluding carboxylic acids is 2. The summed E-state index contributed by atoms with van der Waals surface area (Å²) in [5.74, 6) is -1.28. The molecule has 140 valence electrons. The van der Waals surface area contributed by atoms with Gasteiger partial charge in [0, 0.05) is 12.5 Å². The monoisotopic (exact) mass is 368 g/mol. The van der Waals surface area contributed by atoms with E-state index < -0.39 is 18.1 Å². The van der Waals surface area contributed by atoms with Crippen molar-refractivity contribution in [3.05, 3.63) is 59.7 Å². The van der Waals surface area contributed by atoms with Crippen molar-refractivity contribution in [1.82, 2.24) is 10.6 Å². The normalized spacial score (nSPS) is 13.2. The molecule has 3 N–H and O–H groups in total. The van der Waals surface area contributed by atoms with Gasteiger partial charge in [0.2, 0.25) is 6.41 Å². The van der Waals surface area contributed by atoms with E-state index in [0.29, 0.717) is 6.41 Å². The average molecular weight is 368 g/mol. The lowest BCUT2D eigenvalue weighted by Gasteiger charge is -2.17. The van der Waals surface area contributed by atoms with Crippen LogP contribution in [0.15, 0.2) is 48.5 Å². The molecular weight excluding hydrogens is 348 g/mol. The van der Waals surface area contributed by atoms with Gasteiger partial charge in [0.1, 0.15) is 12.6 Å². The summed E-state index contributed by atoms with van der Waals surface area (Å²) in [7, 11) is 0. The Balaban J connectivity index is 1.65. The third kappa shape index (κ3) is 4.08. The number of aliphatic carboxylic acids is 1. The zero-order valence-corrected chi connectivity index (χ0v) is 14.6. The molecule has 2 amide bonds. The highest BCUT2D eigenvalue weighted by molar-refractivity contribution is 5.81. The van der Waals surface area contributed by atoms with Crippen molar-refractivity contribution in [2.24, 2.45) is 0 Å². The van der Waals surface area contributed by atoms with Crippen molar-refractivity contribution in [2.75, 3.05) is 13.2 Å². The van der Waals surface area contributed by atoms with Gasteiger partial charge >= 0.3 is 12.1 Å². The van der Waals surface area contributed by atoms with E-state index in [0.717, 1.165) is 22.3 Å². The molecule has 0 saturated carbocycles. The van der Waals surface area contributed by atoms with Gasteiger partial charge in [-0.15, -0.1) is 0 Å². The Morgan fingerprint density at radius 3 is 2.22 bits per heavy atom. The lowest BCUT2D eigenvalue weighted by molar-refractivity contribution is -0.139. The molecule has 0 aliphatic heterocycles. The number of carboxylic acids is 1. The van der Waals surface area contributed by atoms with Gasteiger partial charge in [-0.3, -0.25) is 4.79 Å². The lowest BCUT2D eigenvalue weighted by Crippen LogP contribution is -2.43. The van der Waals surface area contributed by atoms with E-state index in [1.165, 1.54) is 0 Å². The number of carbonyl (C=O) groups is 3. The number of carboxylic acid groups (broad SMARTS) is 1. The fourth-order valence-electron chi connectivity index (χ4n) is 3.33. The molecule has 2 aromatic carbocycles. The highest BCUT2D eigenvalue weighted by Crippen LogP contribution is 2.44. The minimum absolute atomic E-state index is 0.0677. The van der Waals surface area contributed by atoms with Crippen molar-refractivity contribution in [3.8, 4) is 11.1 Å². The average Bonchev–Trinajstić information content (AvgIpc) is 2.99. The molecule has 7 heteroatoms. The molecule has 1 aliphatic rings. The van der Waals surface area contributed by atoms with Crippen LogP contribution in [0.3, 0.4) is 0 Å². The minimum Gasteiger partial charge on any atom is -0.480 e. The van der Waals surface area contributed by atoms with Crippen LogP contribution in [0.25, 0.3) is 11.1 Å². The van der Waals surface area contributed by atoms with Crippen LogP contribution in [0.1, 0.15) is 23.5 Å². The van der Waals surface area contributed by atoms with Crippen molar-refractivity contribution in [2.45, 2.75) is 18.4 Å². The molecule has 1 aliphatic carbocycles. The second kappa shape index (κ2) is 8.35. The molecule has 3 rings (SSSR count). The number of rotatable bonds is 8. The fraction of sp³-hybridized carbons (Fsp3) is 0.250. The van der Waals surface area contributed by atoms with Crippen LogP contribution in [0, 0.1) is 0 Å². The first-order valence-corrected chi connectivity index (χ1v) is 8.63. The standard InChI is InChI=1S/C20H20N2O5/c23-12-21-10-9-18(19(24)25)22-20(26)27-11-17-15-7-3-1-5-13(15)14-6-2-4-8-16(14)17/h1-8,12,17-18H,9-11H2,(H,21,23)(H,22,26)(H,24,25)/t18-/m1/s1. The van der Waals surface area contributed by atoms with E-state index in [4.69, 9.17) is 4.74 Å². The molecule has 27 heavy (non-hydrogen) atoms. The summed E-state index contributed by atoms with van der Waals surface area (Å²) < 4.78 is 5.32. The number of hydrogen-bond acceptors (Lipinski definition) is 4. The Morgan fingerprint density at radius 1 is 1.07 bits per heavy atom. The van der Waals surface area contributed by atoms with Crippen LogP contribution in [-0.4, -0.2) is 42.8 Å². The number of ether oxygens (including phenoxy) is 1. The Hall–Kier alpha value is -3.35. The van der Waals surface area contributed by atoms with Gasteiger partial charge in [-0.25, -0.2) is 9.59 Å². The van der Waals surface area contributed by atoms with Gasteiger partial charge in [-0.05, 0) is 28.7 Å². The van der Waals surface area contributed by atoms with Crippen LogP contribution in [0.4, 0.5) is 4.79 Å². The maximum Gasteiger partial charge on any atom is 0.407 e. The molecule has 0 fully saturated rings. The van der Waals surface area contributed by atoms with E-state index in [-0.39, 0.29) is 25.5 Å². The van der Waals surface area contributed by atoms with Crippen molar-refractivity contribution >= 4 is 18.5 Å². The quantitative estimate of drug-likeness (QED) is 0.489. The fourth-order valence-corrected chi connectivity index (χ4v) is 3.33. The molecule has 0 spiro atoms. The lowest BCUT2D eigenvalue weighted by atomic mass is 9.98. The predicted octanol–water partition coefficient (Wildman–Crippen LogP) is 2.11. The van der Waals surface area contributed by atoms with Crippen molar-refractivity contribution in [3.63, 3.8) is 0 Å². The van der Waals surface area contributed by atoms with Crippen LogP contribution >= 0.6 is 0 Å². The summed E-state index contributed by atoms with van der Waals surface area (Å²) in [6, 6.07) is 14.8. The molecule has 0 unspecified atom stereocenters. The summed E-state index contributed by atoms with van der Waals surface area (Å²) in [5, 5.41) is 13.9. The third-order valence-corrected chi connectivity index (χ3v) is 4.59. The number of benzene rings is 2. The summed E-state index contributed by atoms with van der Waals surface area (Å²) >= 11 is 0. The smallest absolute Gasteiger partial charge is 0.407 e. The van der Waals surface area contributed by atoms with E-state index in [2.05, 4.69) is 10.6 Å². The van der Waals surface area contributed by atoms with E-state index in [9.17, 15) is 19.5 Å². The molecule has 7 nitrogen and oxygen atoms in total. The number of amides is 2. The molecule has 2 aromatic rings. The highest BCUT2D eigenvalue weighted by Gasteiger charge is 2.29. The predicted molar refractivity (Wildman–Crippen MR) is 98.3 cm³/mol. The van der Waals surface area contributed by atoms with Crippen molar-refractivity contribution < 1.29 is 24.2 Å². The third-order valence-electron chi connectivity index (χ3n) is 4.59. The molecule has 0 saturated heterocycles. The van der Waals surface area contributed by atoms with Crippen molar-refractivity contribution in [1.29, 1.82) is 0 Å². The minimum atomic E-state index is -1.18. The number of alkyl carbamates (subject to hydrolysis) is 1. The number of fused-ring (bicyclic) bond motifs is 3. The van der Waals surface area contributed by atoms with Crippen LogP contribution in [0.2, 0.25) is 0 Å². The van der Waals surface area contributed by atoms with Crippen LogP contribution in [0.5, 0.6) is 0 Å². The van der Waals surface area contributed by atoms with E-state index in [1.807, 2.05) is 48.5 Å². The van der Waals surface area contributed by atoms with Gasteiger partial charge in [-0.1, -0.05) is 48.5 Å². The number of nitrogens with one attached hydrogen (secondary N) is 2. The summed E-state index contributed by atoms with van der Waals surface area (Å²) in [6.07, 6.45) is -0.250. The van der Waals surface area contributed by atoms with Gasteiger partial charge in [0.05, 0.1) is 0 Å². The zero-order chi connectivity index (χ0) is 19.2. The maximum atomic E-state index is 12.1. The first kappa shape index (κ1) is 18.4. The molecular formula is C20H20N2O5. The first-order valence-electron chi connectivity index (χ1n) is 8.63. The van der Waals surface area contributed by atoms with Gasteiger partial charge in [0.25, 0.3) is 0 Å². The van der Waals surface area contributed by atoms with Gasteiger partial charge < -0.3 is 20.5 Å². The zero-order valence-electron chi connectivity index (χ0n) is 14.6. The van der Waals surface area contributed by atoms with Crippen LogP contribution in [-0.2, 0) is 14.3 Å². The second-order valence-corrected chi connectivity index (χ2v) is 6.22. The summed E-state index contributed by atoms with van der Waals surface area (Å²) in [4.78, 5) is 33.6. The Kier molecular flexibility index (Phi) is 5.71. The molecule has 0 bridgehead atoms. The van der Waals surface area contributed by atoms with E-state index in [1.54, 1.807) is 0 Å². The van der Waals surface area contributed by atoms with Gasteiger partial charge in [0.15, 0.2) is 0 Å². The summed E-state index contributed by atoms with van der Waals surface area (Å²) in [5.41, 5.74) is 4.39. The Morgan fingerprint density at radius 2 is 1.67 bits per heavy atom. The van der Waals surface area contributed by atoms with Gasteiger partial charge in [-0.2, -0.15) is 0 Å². The highest BCUT2D eigenvalue weighted by atomic mass is 16.5. The molecule has 0 aromatic heterocycles. The molecule has 1 atom stereocenters. The second-order valence-electron chi connectivity index (χ2n) is 6.22. The first-order chi connectivity index (χ1) is 13.1. The Bertz CT molecular complexity index is 806. The molecule has 0 heterocycles. The molecule has 0 radical (unpaired) electrons. The topological polar surface area (TPSA) is 105 Å². The Labute approximate surface area is 156 Å². The van der Waals surface area contributed by atoms with E-state index >= 15 is 0 Å². The maximum absolute atomic E-state index is 12.1. The summed E-state index contributed by atoms with van der Waals surface area (Å²) in [6.45, 7) is 0.253.